The van der Waals surface area contributed by atoms with E-state index in [0.29, 0.717) is 17.9 Å². The quantitative estimate of drug-likeness (QED) is 0.665. The van der Waals surface area contributed by atoms with Crippen LogP contribution in [0.5, 0.6) is 0 Å². The predicted molar refractivity (Wildman–Crippen MR) is 100 cm³/mol. The summed E-state index contributed by atoms with van der Waals surface area (Å²) in [5, 5.41) is 14.4. The Hall–Kier alpha value is -2.31. The number of aromatic carboxylic acids is 1. The van der Waals surface area contributed by atoms with Crippen LogP contribution in [0.2, 0.25) is 0 Å². The summed E-state index contributed by atoms with van der Waals surface area (Å²) in [6, 6.07) is 1.41. The van der Waals surface area contributed by atoms with E-state index in [9.17, 15) is 14.4 Å². The molecular weight excluding hydrogens is 360 g/mol. The van der Waals surface area contributed by atoms with Gasteiger partial charge in [0.15, 0.2) is 0 Å². The van der Waals surface area contributed by atoms with E-state index in [1.807, 2.05) is 0 Å². The van der Waals surface area contributed by atoms with Crippen LogP contribution in [0, 0.1) is 30.1 Å². The van der Waals surface area contributed by atoms with E-state index in [1.54, 1.807) is 6.92 Å². The molecule has 4 aliphatic rings. The summed E-state index contributed by atoms with van der Waals surface area (Å²) in [6.45, 7) is 1.59. The van der Waals surface area contributed by atoms with Crippen molar-refractivity contribution in [2.75, 3.05) is 6.54 Å². The van der Waals surface area contributed by atoms with Gasteiger partial charge in [0.1, 0.15) is 17.1 Å². The SMILES string of the molecule is Cc1oc(CNC(=O)CNC(=O)CC23CC4CC(CC(C4)C2)C3)cc1C(=O)O. The van der Waals surface area contributed by atoms with Crippen molar-refractivity contribution < 1.29 is 23.9 Å². The number of furan rings is 1. The lowest BCUT2D eigenvalue weighted by molar-refractivity contribution is -0.132. The molecule has 1 aromatic rings. The van der Waals surface area contributed by atoms with Crippen LogP contribution in [-0.2, 0) is 16.1 Å². The number of rotatable bonds is 7. The van der Waals surface area contributed by atoms with Gasteiger partial charge in [-0.1, -0.05) is 0 Å². The number of carbonyl (C=O) groups excluding carboxylic acids is 2. The summed E-state index contributed by atoms with van der Waals surface area (Å²) in [5.41, 5.74) is 0.252. The summed E-state index contributed by atoms with van der Waals surface area (Å²) >= 11 is 0. The van der Waals surface area contributed by atoms with Crippen molar-refractivity contribution in [2.24, 2.45) is 23.2 Å². The fourth-order valence-electron chi connectivity index (χ4n) is 6.18. The number of carbonyl (C=O) groups is 3. The summed E-state index contributed by atoms with van der Waals surface area (Å²) in [4.78, 5) is 35.5. The highest BCUT2D eigenvalue weighted by Crippen LogP contribution is 2.61. The van der Waals surface area contributed by atoms with Gasteiger partial charge in [-0.3, -0.25) is 9.59 Å². The third-order valence-corrected chi connectivity index (χ3v) is 6.81. The molecule has 7 heteroatoms. The van der Waals surface area contributed by atoms with Gasteiger partial charge in [-0.25, -0.2) is 4.79 Å². The van der Waals surface area contributed by atoms with Gasteiger partial charge in [0.05, 0.1) is 13.1 Å². The maximum atomic E-state index is 12.5. The molecule has 7 nitrogen and oxygen atoms in total. The van der Waals surface area contributed by atoms with E-state index in [0.717, 1.165) is 17.8 Å². The molecule has 0 radical (unpaired) electrons. The fraction of sp³-hybridized carbons (Fsp3) is 0.667. The van der Waals surface area contributed by atoms with Gasteiger partial charge in [0.2, 0.25) is 11.8 Å². The number of carboxylic acids is 1. The van der Waals surface area contributed by atoms with E-state index < -0.39 is 5.97 Å². The van der Waals surface area contributed by atoms with Gasteiger partial charge < -0.3 is 20.2 Å². The smallest absolute Gasteiger partial charge is 0.339 e. The van der Waals surface area contributed by atoms with Crippen LogP contribution in [0.1, 0.15) is 66.8 Å². The van der Waals surface area contributed by atoms with Crippen molar-refractivity contribution in [2.45, 2.75) is 58.4 Å². The van der Waals surface area contributed by atoms with E-state index in [4.69, 9.17) is 9.52 Å². The maximum Gasteiger partial charge on any atom is 0.339 e. The van der Waals surface area contributed by atoms with E-state index in [2.05, 4.69) is 10.6 Å². The molecule has 5 rings (SSSR count). The van der Waals surface area contributed by atoms with Crippen LogP contribution >= 0.6 is 0 Å². The maximum absolute atomic E-state index is 12.5. The summed E-state index contributed by atoms with van der Waals surface area (Å²) < 4.78 is 5.33. The van der Waals surface area contributed by atoms with Gasteiger partial charge in [0.25, 0.3) is 0 Å². The summed E-state index contributed by atoms with van der Waals surface area (Å²) in [5.74, 6) is 1.67. The lowest BCUT2D eigenvalue weighted by Crippen LogP contribution is -2.48. The topological polar surface area (TPSA) is 109 Å². The third kappa shape index (κ3) is 3.93. The fourth-order valence-corrected chi connectivity index (χ4v) is 6.18. The molecule has 0 aromatic carbocycles. The Morgan fingerprint density at radius 3 is 2.21 bits per heavy atom. The highest BCUT2D eigenvalue weighted by atomic mass is 16.4. The minimum atomic E-state index is -1.06. The number of hydrogen-bond donors (Lipinski definition) is 3. The van der Waals surface area contributed by atoms with Gasteiger partial charge in [0, 0.05) is 6.42 Å². The van der Waals surface area contributed by atoms with Crippen LogP contribution in [0.4, 0.5) is 0 Å². The van der Waals surface area contributed by atoms with Crippen molar-refractivity contribution in [1.82, 2.24) is 10.6 Å². The third-order valence-electron chi connectivity index (χ3n) is 6.81. The van der Waals surface area contributed by atoms with Gasteiger partial charge >= 0.3 is 5.97 Å². The summed E-state index contributed by atoms with van der Waals surface area (Å²) in [7, 11) is 0. The largest absolute Gasteiger partial charge is 0.478 e. The second kappa shape index (κ2) is 7.26. The molecule has 0 atom stereocenters. The minimum absolute atomic E-state index is 0.0425. The van der Waals surface area contributed by atoms with E-state index in [1.165, 1.54) is 44.6 Å². The second-order valence-corrected chi connectivity index (χ2v) is 9.14. The Morgan fingerprint density at radius 1 is 1.07 bits per heavy atom. The van der Waals surface area contributed by atoms with Gasteiger partial charge in [-0.15, -0.1) is 0 Å². The lowest BCUT2D eigenvalue weighted by atomic mass is 9.49. The Bertz CT molecular complexity index is 761. The highest BCUT2D eigenvalue weighted by molar-refractivity contribution is 5.89. The molecule has 1 aromatic heterocycles. The molecule has 2 amide bonds. The zero-order valence-corrected chi connectivity index (χ0v) is 16.3. The van der Waals surface area contributed by atoms with Crippen LogP contribution in [0.3, 0.4) is 0 Å². The van der Waals surface area contributed by atoms with Crippen LogP contribution in [-0.4, -0.2) is 29.4 Å². The normalized spacial score (nSPS) is 30.2. The minimum Gasteiger partial charge on any atom is -0.478 e. The second-order valence-electron chi connectivity index (χ2n) is 9.14. The number of carboxylic acid groups (broad SMARTS) is 1. The van der Waals surface area contributed by atoms with E-state index >= 15 is 0 Å². The van der Waals surface area contributed by atoms with Crippen molar-refractivity contribution in [3.63, 3.8) is 0 Å². The lowest BCUT2D eigenvalue weighted by Gasteiger charge is -2.56. The monoisotopic (exact) mass is 388 g/mol. The first-order chi connectivity index (χ1) is 13.3. The Balaban J connectivity index is 1.22. The first kappa shape index (κ1) is 19.0. The first-order valence-electron chi connectivity index (χ1n) is 10.2. The first-order valence-corrected chi connectivity index (χ1v) is 10.2. The molecule has 0 saturated heterocycles. The molecule has 1 heterocycles. The molecule has 0 spiro atoms. The van der Waals surface area contributed by atoms with Gasteiger partial charge in [-0.2, -0.15) is 0 Å². The number of nitrogens with one attached hydrogen (secondary N) is 2. The number of hydrogen-bond acceptors (Lipinski definition) is 4. The molecule has 0 unspecified atom stereocenters. The standard InChI is InChI=1S/C21H28N2O5/c1-12-17(20(26)27)5-16(28-12)10-22-19(25)11-23-18(24)9-21-6-13-2-14(7-21)4-15(3-13)8-21/h5,13-15H,2-4,6-11H2,1H3,(H,22,25)(H,23,24)(H,26,27). The van der Waals surface area contributed by atoms with Crippen molar-refractivity contribution >= 4 is 17.8 Å². The molecule has 4 saturated carbocycles. The highest BCUT2D eigenvalue weighted by Gasteiger charge is 2.51. The Kier molecular flexibility index (Phi) is 4.93. The van der Waals surface area contributed by atoms with Crippen LogP contribution in [0.15, 0.2) is 10.5 Å². The van der Waals surface area contributed by atoms with Crippen molar-refractivity contribution in [1.29, 1.82) is 0 Å². The predicted octanol–water partition coefficient (Wildman–Crippen LogP) is 2.63. The van der Waals surface area contributed by atoms with Crippen molar-refractivity contribution in [3.8, 4) is 0 Å². The molecule has 152 valence electrons. The molecule has 3 N–H and O–H groups in total. The average molecular weight is 388 g/mol. The van der Waals surface area contributed by atoms with Gasteiger partial charge in [-0.05, 0) is 74.7 Å². The Morgan fingerprint density at radius 2 is 1.68 bits per heavy atom. The zero-order chi connectivity index (χ0) is 19.9. The molecular formula is C21H28N2O5. The average Bonchev–Trinajstić information content (AvgIpc) is 2.97. The molecule has 4 bridgehead atoms. The van der Waals surface area contributed by atoms with Crippen LogP contribution in [0.25, 0.3) is 0 Å². The van der Waals surface area contributed by atoms with Crippen LogP contribution < -0.4 is 10.6 Å². The molecule has 4 aliphatic carbocycles. The van der Waals surface area contributed by atoms with E-state index in [-0.39, 0.29) is 35.9 Å². The molecule has 4 fully saturated rings. The Labute approximate surface area is 164 Å². The number of aryl methyl sites for hydroxylation is 1. The molecule has 28 heavy (non-hydrogen) atoms. The zero-order valence-electron chi connectivity index (χ0n) is 16.3. The molecule has 0 aliphatic heterocycles. The number of amides is 2. The summed E-state index contributed by atoms with van der Waals surface area (Å²) in [6.07, 6.45) is 8.08. The van der Waals surface area contributed by atoms with Crippen molar-refractivity contribution in [3.05, 3.63) is 23.2 Å².